The van der Waals surface area contributed by atoms with E-state index in [2.05, 4.69) is 48.0 Å². The average molecular weight is 340 g/mol. The highest BCUT2D eigenvalue weighted by atomic mass is 16.4. The van der Waals surface area contributed by atoms with Gasteiger partial charge in [0, 0.05) is 11.9 Å². The maximum atomic E-state index is 8.89. The van der Waals surface area contributed by atoms with Crippen molar-refractivity contribution in [3.8, 4) is 0 Å². The summed E-state index contributed by atoms with van der Waals surface area (Å²) >= 11 is 0. The summed E-state index contributed by atoms with van der Waals surface area (Å²) in [6.07, 6.45) is 12.3. The van der Waals surface area contributed by atoms with Crippen LogP contribution in [0.2, 0.25) is 0 Å². The Labute approximate surface area is 143 Å². The molecule has 2 aromatic rings. The fourth-order valence-corrected chi connectivity index (χ4v) is 1.38. The maximum Gasteiger partial charge on any atom is 0.243 e. The lowest BCUT2D eigenvalue weighted by molar-refractivity contribution is -0.671. The van der Waals surface area contributed by atoms with E-state index in [0.29, 0.717) is 0 Å². The number of nitrogens with zero attached hydrogens (tertiary/aromatic N) is 4. The quantitative estimate of drug-likeness (QED) is 0.601. The standard InChI is InChI=1S/2C6H11N2.2C2H4O2/c2*1-3-8-5-4-7(2)6-8;2*1-2(3)4/h2*4-6H,3H2,1-2H3;2*1H3,(H,3,4)/q2*+1;;/p-2. The van der Waals surface area contributed by atoms with Gasteiger partial charge in [-0.3, -0.25) is 0 Å². The first-order valence-corrected chi connectivity index (χ1v) is 7.49. The summed E-state index contributed by atoms with van der Waals surface area (Å²) in [5.41, 5.74) is 0. The number of aromatic nitrogens is 4. The van der Waals surface area contributed by atoms with E-state index >= 15 is 0 Å². The molecule has 24 heavy (non-hydrogen) atoms. The van der Waals surface area contributed by atoms with Gasteiger partial charge in [-0.25, -0.2) is 18.3 Å². The molecule has 0 amide bonds. The predicted octanol–water partition coefficient (Wildman–Crippen LogP) is -1.82. The zero-order valence-corrected chi connectivity index (χ0v) is 15.3. The molecule has 2 rings (SSSR count). The number of carbonyl (C=O) groups excluding carboxylic acids is 2. The molecule has 0 atom stereocenters. The number of aliphatic carboxylic acids is 2. The summed E-state index contributed by atoms with van der Waals surface area (Å²) in [6, 6.07) is 0. The summed E-state index contributed by atoms with van der Waals surface area (Å²) in [4.78, 5) is 17.8. The van der Waals surface area contributed by atoms with Crippen molar-refractivity contribution in [3.05, 3.63) is 37.4 Å². The Kier molecular flexibility index (Phi) is 13.8. The molecule has 0 aromatic carbocycles. The SMILES string of the molecule is CC(=O)[O-].CC(=O)[O-].CCn1cc[n+](C)c1.CCn1cc[n+](C)c1. The molecule has 136 valence electrons. The molecule has 8 nitrogen and oxygen atoms in total. The van der Waals surface area contributed by atoms with Crippen LogP contribution < -0.4 is 19.3 Å². The van der Waals surface area contributed by atoms with E-state index in [1.54, 1.807) is 0 Å². The summed E-state index contributed by atoms with van der Waals surface area (Å²) < 4.78 is 8.31. The van der Waals surface area contributed by atoms with Gasteiger partial charge in [-0.05, 0) is 27.7 Å². The Bertz CT molecular complexity index is 530. The molecule has 0 N–H and O–H groups in total. The molecule has 0 unspecified atom stereocenters. The van der Waals surface area contributed by atoms with Crippen LogP contribution in [0.3, 0.4) is 0 Å². The normalized spacial score (nSPS) is 8.58. The van der Waals surface area contributed by atoms with Crippen LogP contribution in [-0.4, -0.2) is 21.1 Å². The fraction of sp³-hybridized carbons (Fsp3) is 0.500. The smallest absolute Gasteiger partial charge is 0.243 e. The minimum atomic E-state index is -1.08. The van der Waals surface area contributed by atoms with Gasteiger partial charge in [0.05, 0.1) is 27.2 Å². The molecule has 0 aliphatic rings. The Hall–Kier alpha value is -2.64. The molecular formula is C16H28N4O4. The number of hydrogen-bond acceptors (Lipinski definition) is 4. The third-order valence-corrected chi connectivity index (χ3v) is 2.38. The van der Waals surface area contributed by atoms with Crippen molar-refractivity contribution in [2.24, 2.45) is 14.1 Å². The fourth-order valence-electron chi connectivity index (χ4n) is 1.38. The molecule has 0 saturated carbocycles. The Morgan fingerprint density at radius 1 is 0.833 bits per heavy atom. The van der Waals surface area contributed by atoms with Crippen LogP contribution in [0, 0.1) is 0 Å². The van der Waals surface area contributed by atoms with E-state index in [9.17, 15) is 0 Å². The highest BCUT2D eigenvalue weighted by molar-refractivity contribution is 5.60. The number of aryl methyl sites for hydroxylation is 4. The molecule has 0 saturated heterocycles. The molecule has 8 heteroatoms. The largest absolute Gasteiger partial charge is 0.550 e. The van der Waals surface area contributed by atoms with Crippen LogP contribution in [0.1, 0.15) is 27.7 Å². The van der Waals surface area contributed by atoms with Crippen molar-refractivity contribution in [1.29, 1.82) is 0 Å². The second kappa shape index (κ2) is 14.0. The lowest BCUT2D eigenvalue weighted by atomic mass is 10.7. The minimum absolute atomic E-state index is 0.972. The van der Waals surface area contributed by atoms with Gasteiger partial charge < -0.3 is 19.8 Å². The van der Waals surface area contributed by atoms with Crippen LogP contribution in [0.5, 0.6) is 0 Å². The van der Waals surface area contributed by atoms with Crippen molar-refractivity contribution in [2.45, 2.75) is 40.8 Å². The van der Waals surface area contributed by atoms with Crippen LogP contribution in [0.15, 0.2) is 37.4 Å². The second-order valence-corrected chi connectivity index (χ2v) is 4.80. The molecule has 2 heterocycles. The Morgan fingerprint density at radius 3 is 1.17 bits per heavy atom. The van der Waals surface area contributed by atoms with Crippen molar-refractivity contribution >= 4 is 11.9 Å². The van der Waals surface area contributed by atoms with Crippen LogP contribution in [0.25, 0.3) is 0 Å². The van der Waals surface area contributed by atoms with E-state index in [4.69, 9.17) is 19.8 Å². The molecule has 0 bridgehead atoms. The number of imidazole rings is 2. The number of rotatable bonds is 2. The van der Waals surface area contributed by atoms with Gasteiger partial charge in [-0.2, -0.15) is 0 Å². The number of hydrogen-bond donors (Lipinski definition) is 0. The van der Waals surface area contributed by atoms with E-state index in [1.165, 1.54) is 0 Å². The predicted molar refractivity (Wildman–Crippen MR) is 83.9 cm³/mol. The van der Waals surface area contributed by atoms with Crippen molar-refractivity contribution < 1.29 is 28.9 Å². The number of carbonyl (C=O) groups is 2. The summed E-state index contributed by atoms with van der Waals surface area (Å²) in [6.45, 7) is 8.31. The first kappa shape index (κ1) is 23.6. The monoisotopic (exact) mass is 340 g/mol. The molecule has 0 aliphatic carbocycles. The van der Waals surface area contributed by atoms with E-state index in [-0.39, 0.29) is 0 Å². The van der Waals surface area contributed by atoms with Gasteiger partial charge >= 0.3 is 0 Å². The first-order valence-electron chi connectivity index (χ1n) is 7.49. The third kappa shape index (κ3) is 17.4. The molecular weight excluding hydrogens is 312 g/mol. The molecule has 2 aromatic heterocycles. The lowest BCUT2D eigenvalue weighted by Gasteiger charge is -1.81. The first-order chi connectivity index (χ1) is 11.1. The molecule has 0 spiro atoms. The van der Waals surface area contributed by atoms with Gasteiger partial charge in [0.2, 0.25) is 12.7 Å². The van der Waals surface area contributed by atoms with Gasteiger partial charge in [0.25, 0.3) is 0 Å². The van der Waals surface area contributed by atoms with Crippen LogP contribution in [-0.2, 0) is 36.8 Å². The van der Waals surface area contributed by atoms with Gasteiger partial charge in [0.15, 0.2) is 0 Å². The topological polar surface area (TPSA) is 97.9 Å². The van der Waals surface area contributed by atoms with Gasteiger partial charge in [0.1, 0.15) is 24.8 Å². The van der Waals surface area contributed by atoms with E-state index in [0.717, 1.165) is 26.9 Å². The number of carboxylic acid groups (broad SMARTS) is 2. The Balaban J connectivity index is 0. The van der Waals surface area contributed by atoms with Crippen molar-refractivity contribution in [1.82, 2.24) is 9.13 Å². The summed E-state index contributed by atoms with van der Waals surface area (Å²) in [7, 11) is 4.04. The van der Waals surface area contributed by atoms with Gasteiger partial charge in [-0.1, -0.05) is 0 Å². The van der Waals surface area contributed by atoms with Gasteiger partial charge in [-0.15, -0.1) is 0 Å². The van der Waals surface area contributed by atoms with Crippen LogP contribution in [0.4, 0.5) is 0 Å². The summed E-state index contributed by atoms with van der Waals surface area (Å²) in [5.74, 6) is -2.17. The highest BCUT2D eigenvalue weighted by Gasteiger charge is 1.93. The zero-order valence-electron chi connectivity index (χ0n) is 15.3. The zero-order chi connectivity index (χ0) is 19.1. The average Bonchev–Trinajstić information content (AvgIpc) is 3.06. The molecule has 0 fully saturated rings. The number of carboxylic acids is 2. The molecule has 0 aliphatic heterocycles. The summed E-state index contributed by atoms with van der Waals surface area (Å²) in [5, 5.41) is 17.8. The second-order valence-electron chi connectivity index (χ2n) is 4.80. The molecule has 0 radical (unpaired) electrons. The van der Waals surface area contributed by atoms with E-state index < -0.39 is 11.9 Å². The van der Waals surface area contributed by atoms with Crippen molar-refractivity contribution in [3.63, 3.8) is 0 Å². The van der Waals surface area contributed by atoms with E-state index in [1.807, 2.05) is 35.6 Å². The maximum absolute atomic E-state index is 8.89. The highest BCUT2D eigenvalue weighted by Crippen LogP contribution is 1.79. The Morgan fingerprint density at radius 2 is 1.08 bits per heavy atom. The van der Waals surface area contributed by atoms with Crippen molar-refractivity contribution in [2.75, 3.05) is 0 Å². The lowest BCUT2D eigenvalue weighted by Crippen LogP contribution is -2.23. The minimum Gasteiger partial charge on any atom is -0.550 e. The third-order valence-electron chi connectivity index (χ3n) is 2.38. The van der Waals surface area contributed by atoms with Crippen LogP contribution >= 0.6 is 0 Å².